The summed E-state index contributed by atoms with van der Waals surface area (Å²) in [5.41, 5.74) is 0.947. The molecule has 0 bridgehead atoms. The number of hydrogen-bond acceptors (Lipinski definition) is 6. The van der Waals surface area contributed by atoms with Crippen molar-refractivity contribution in [3.8, 4) is 5.82 Å². The predicted molar refractivity (Wildman–Crippen MR) is 88.5 cm³/mol. The second-order valence-corrected chi connectivity index (χ2v) is 6.08. The molecule has 1 aliphatic rings. The number of pyridine rings is 1. The fourth-order valence-corrected chi connectivity index (χ4v) is 3.24. The summed E-state index contributed by atoms with van der Waals surface area (Å²) < 4.78 is 10.3. The zero-order valence-electron chi connectivity index (χ0n) is 14.5. The van der Waals surface area contributed by atoms with Gasteiger partial charge in [0.2, 0.25) is 0 Å². The molecule has 0 saturated carbocycles. The van der Waals surface area contributed by atoms with Crippen molar-refractivity contribution in [2.45, 2.75) is 12.5 Å². The molecule has 1 unspecified atom stereocenters. The Hall–Kier alpha value is -1.43. The molecule has 0 aromatic carbocycles. The van der Waals surface area contributed by atoms with Gasteiger partial charge in [-0.1, -0.05) is 0 Å². The Morgan fingerprint density at radius 1 is 1.35 bits per heavy atom. The quantitative estimate of drug-likeness (QED) is 0.287. The Labute approximate surface area is 190 Å². The Morgan fingerprint density at radius 2 is 2.23 bits per heavy atom. The number of nitrogens with zero attached hydrogens (tertiary/aromatic N) is 7. The first-order chi connectivity index (χ1) is 12.2. The van der Waals surface area contributed by atoms with Crippen LogP contribution >= 0.6 is 0 Å². The van der Waals surface area contributed by atoms with Crippen LogP contribution in [-0.2, 0) is 11.8 Å². The van der Waals surface area contributed by atoms with E-state index in [1.54, 1.807) is 33.4 Å². The first-order valence-electron chi connectivity index (χ1n) is 7.97. The summed E-state index contributed by atoms with van der Waals surface area (Å²) in [6.07, 6.45) is 8.73. The van der Waals surface area contributed by atoms with E-state index in [0.29, 0.717) is 30.2 Å². The summed E-state index contributed by atoms with van der Waals surface area (Å²) in [6, 6.07) is 1.96. The number of hydrogen-bond donors (Lipinski definition) is 0. The molecular formula is C16H14KN7O2. The third-order valence-electron chi connectivity index (χ3n) is 4.57. The molecule has 26 heavy (non-hydrogen) atoms. The molecule has 0 amide bonds. The van der Waals surface area contributed by atoms with Crippen LogP contribution in [0.5, 0.6) is 0 Å². The number of aromatic nitrogens is 7. The molecule has 126 valence electrons. The molecule has 0 N–H and O–H groups in total. The van der Waals surface area contributed by atoms with Gasteiger partial charge in [0.15, 0.2) is 5.52 Å². The van der Waals surface area contributed by atoms with E-state index in [1.165, 1.54) is 0 Å². The van der Waals surface area contributed by atoms with Gasteiger partial charge in [-0.3, -0.25) is 9.48 Å². The Kier molecular flexibility index (Phi) is 4.80. The van der Waals surface area contributed by atoms with E-state index in [1.807, 2.05) is 12.3 Å². The van der Waals surface area contributed by atoms with E-state index in [2.05, 4.69) is 26.5 Å². The van der Waals surface area contributed by atoms with E-state index in [0.717, 1.165) is 17.2 Å². The SMILES string of the molecule is Cn1ncc2c(-n3cc4ccn(C5CCOC5)c(=O)c4n3)n[c-]nc21.[K+]. The number of ether oxygens (including phenoxy) is 1. The monoisotopic (exact) mass is 375 g/mol. The minimum Gasteiger partial charge on any atom is -0.379 e. The molecule has 5 rings (SSSR count). The van der Waals surface area contributed by atoms with Gasteiger partial charge in [-0.05, 0) is 17.9 Å². The predicted octanol–water partition coefficient (Wildman–Crippen LogP) is -2.37. The summed E-state index contributed by atoms with van der Waals surface area (Å²) in [4.78, 5) is 21.1. The first-order valence-corrected chi connectivity index (χ1v) is 7.97. The molecule has 1 fully saturated rings. The smallest absolute Gasteiger partial charge is 0.379 e. The van der Waals surface area contributed by atoms with Crippen LogP contribution in [0.2, 0.25) is 0 Å². The molecule has 4 aromatic rings. The topological polar surface area (TPSA) is 92.7 Å². The van der Waals surface area contributed by atoms with Crippen molar-refractivity contribution in [1.82, 2.24) is 34.1 Å². The molecule has 4 aromatic heterocycles. The fraction of sp³-hybridized carbons (Fsp3) is 0.312. The van der Waals surface area contributed by atoms with E-state index in [9.17, 15) is 4.79 Å². The second kappa shape index (κ2) is 6.95. The van der Waals surface area contributed by atoms with Gasteiger partial charge in [0, 0.05) is 49.6 Å². The van der Waals surface area contributed by atoms with Gasteiger partial charge in [-0.15, -0.1) is 0 Å². The average Bonchev–Trinajstić information content (AvgIpc) is 3.35. The maximum Gasteiger partial charge on any atom is 1.00 e. The maximum atomic E-state index is 12.8. The van der Waals surface area contributed by atoms with Crippen LogP contribution in [0.15, 0.2) is 29.5 Å². The average molecular weight is 375 g/mol. The Bertz CT molecular complexity index is 1160. The van der Waals surface area contributed by atoms with Crippen molar-refractivity contribution < 1.29 is 56.1 Å². The summed E-state index contributed by atoms with van der Waals surface area (Å²) in [5, 5.41) is 10.2. The normalized spacial score (nSPS) is 17.0. The molecule has 1 aliphatic heterocycles. The first kappa shape index (κ1) is 18.0. The second-order valence-electron chi connectivity index (χ2n) is 6.08. The number of fused-ring (bicyclic) bond motifs is 2. The summed E-state index contributed by atoms with van der Waals surface area (Å²) >= 11 is 0. The molecule has 5 heterocycles. The van der Waals surface area contributed by atoms with Gasteiger partial charge in [0.1, 0.15) is 0 Å². The van der Waals surface area contributed by atoms with E-state index in [-0.39, 0.29) is 63.0 Å². The van der Waals surface area contributed by atoms with Crippen molar-refractivity contribution in [3.63, 3.8) is 0 Å². The molecule has 10 heteroatoms. The number of aryl methyl sites for hydroxylation is 1. The summed E-state index contributed by atoms with van der Waals surface area (Å²) in [7, 11) is 1.80. The van der Waals surface area contributed by atoms with Crippen molar-refractivity contribution in [3.05, 3.63) is 41.3 Å². The largest absolute Gasteiger partial charge is 1.00 e. The zero-order valence-corrected chi connectivity index (χ0v) is 17.6. The van der Waals surface area contributed by atoms with Crippen molar-refractivity contribution in [2.75, 3.05) is 13.2 Å². The summed E-state index contributed by atoms with van der Waals surface area (Å²) in [6.45, 7) is 1.24. The molecule has 0 aliphatic carbocycles. The van der Waals surface area contributed by atoms with Gasteiger partial charge < -0.3 is 24.0 Å². The van der Waals surface area contributed by atoms with Crippen LogP contribution in [0.4, 0.5) is 0 Å². The standard InChI is InChI=1S/C16H14N7O2.K/c1-21-14-12(6-19-21)15(18-9-17-14)23-7-10-2-4-22(11-3-5-25-8-11)16(24)13(10)20-23;/h2,4,6-7,11H,3,5,8H2,1H3;/q-1;+1. The van der Waals surface area contributed by atoms with E-state index in [4.69, 9.17) is 4.74 Å². The van der Waals surface area contributed by atoms with Crippen molar-refractivity contribution in [2.24, 2.45) is 7.05 Å². The minimum absolute atomic E-state index is 0. The van der Waals surface area contributed by atoms with Crippen LogP contribution in [0.25, 0.3) is 27.8 Å². The van der Waals surface area contributed by atoms with E-state index >= 15 is 0 Å². The Morgan fingerprint density at radius 3 is 3.04 bits per heavy atom. The van der Waals surface area contributed by atoms with Crippen LogP contribution in [0.3, 0.4) is 0 Å². The van der Waals surface area contributed by atoms with E-state index < -0.39 is 0 Å². The van der Waals surface area contributed by atoms with Crippen LogP contribution in [-0.4, -0.2) is 47.3 Å². The van der Waals surface area contributed by atoms with Crippen molar-refractivity contribution >= 4 is 21.9 Å². The van der Waals surface area contributed by atoms with Crippen LogP contribution in [0.1, 0.15) is 12.5 Å². The van der Waals surface area contributed by atoms with Gasteiger partial charge in [0.05, 0.1) is 18.5 Å². The molecule has 0 radical (unpaired) electrons. The molecule has 9 nitrogen and oxygen atoms in total. The maximum absolute atomic E-state index is 12.8. The molecule has 1 saturated heterocycles. The fourth-order valence-electron chi connectivity index (χ4n) is 3.24. The third-order valence-corrected chi connectivity index (χ3v) is 4.57. The molecule has 0 spiro atoms. The van der Waals surface area contributed by atoms with Gasteiger partial charge in [0.25, 0.3) is 5.56 Å². The minimum atomic E-state index is -0.118. The molecule has 1 atom stereocenters. The molecular weight excluding hydrogens is 361 g/mol. The van der Waals surface area contributed by atoms with Crippen LogP contribution in [0, 0.1) is 6.33 Å². The Balaban J connectivity index is 0.00000168. The summed E-state index contributed by atoms with van der Waals surface area (Å²) in [5.74, 6) is 0.546. The third kappa shape index (κ3) is 2.77. The van der Waals surface area contributed by atoms with Crippen molar-refractivity contribution in [1.29, 1.82) is 0 Å². The van der Waals surface area contributed by atoms with Crippen LogP contribution < -0.4 is 56.9 Å². The number of rotatable bonds is 2. The zero-order chi connectivity index (χ0) is 17.0. The van der Waals surface area contributed by atoms with Gasteiger partial charge in [-0.25, -0.2) is 0 Å². The van der Waals surface area contributed by atoms with Gasteiger partial charge in [-0.2, -0.15) is 10.2 Å². The van der Waals surface area contributed by atoms with Gasteiger partial charge >= 0.3 is 51.4 Å².